The fourth-order valence-corrected chi connectivity index (χ4v) is 4.12. The van der Waals surface area contributed by atoms with Gasteiger partial charge in [0.15, 0.2) is 5.76 Å². The molecule has 4 rings (SSSR count). The normalized spacial score (nSPS) is 18.2. The van der Waals surface area contributed by atoms with Crippen molar-refractivity contribution in [2.75, 3.05) is 9.80 Å². The molecule has 1 aliphatic rings. The summed E-state index contributed by atoms with van der Waals surface area (Å²) >= 11 is 0. The van der Waals surface area contributed by atoms with Gasteiger partial charge >= 0.3 is 0 Å². The van der Waals surface area contributed by atoms with E-state index in [2.05, 4.69) is 0 Å². The molecule has 3 aromatic rings. The Morgan fingerprint density at radius 3 is 2.45 bits per heavy atom. The number of benzene rings is 2. The SMILES string of the molecule is CCC(=O)N1c2ccccc2[C@H](N(C(=O)c2ccco2)c2ccccc2)C[C@H]1C. The molecular formula is C24H24N2O3. The smallest absolute Gasteiger partial charge is 0.294 e. The molecule has 5 nitrogen and oxygen atoms in total. The molecule has 0 N–H and O–H groups in total. The Balaban J connectivity index is 1.84. The van der Waals surface area contributed by atoms with E-state index >= 15 is 0 Å². The lowest BCUT2D eigenvalue weighted by Gasteiger charge is -2.43. The summed E-state index contributed by atoms with van der Waals surface area (Å²) in [5.41, 5.74) is 2.64. The van der Waals surface area contributed by atoms with Crippen molar-refractivity contribution in [1.29, 1.82) is 0 Å². The van der Waals surface area contributed by atoms with Crippen molar-refractivity contribution in [1.82, 2.24) is 0 Å². The van der Waals surface area contributed by atoms with Crippen LogP contribution < -0.4 is 9.80 Å². The lowest BCUT2D eigenvalue weighted by molar-refractivity contribution is -0.118. The van der Waals surface area contributed by atoms with E-state index in [0.717, 1.165) is 16.9 Å². The van der Waals surface area contributed by atoms with Crippen LogP contribution in [-0.4, -0.2) is 17.9 Å². The van der Waals surface area contributed by atoms with Gasteiger partial charge in [0, 0.05) is 23.8 Å². The summed E-state index contributed by atoms with van der Waals surface area (Å²) in [5.74, 6) is 0.196. The van der Waals surface area contributed by atoms with Crippen LogP contribution in [0.15, 0.2) is 77.4 Å². The van der Waals surface area contributed by atoms with E-state index in [9.17, 15) is 9.59 Å². The average Bonchev–Trinajstić information content (AvgIpc) is 3.29. The lowest BCUT2D eigenvalue weighted by Crippen LogP contribution is -2.47. The van der Waals surface area contributed by atoms with Crippen molar-refractivity contribution in [3.63, 3.8) is 0 Å². The summed E-state index contributed by atoms with van der Waals surface area (Å²) < 4.78 is 5.42. The maximum absolute atomic E-state index is 13.4. The molecule has 0 unspecified atom stereocenters. The minimum Gasteiger partial charge on any atom is -0.459 e. The van der Waals surface area contributed by atoms with E-state index < -0.39 is 0 Å². The molecule has 0 radical (unpaired) electrons. The van der Waals surface area contributed by atoms with Crippen molar-refractivity contribution < 1.29 is 14.0 Å². The zero-order chi connectivity index (χ0) is 20.4. The largest absolute Gasteiger partial charge is 0.459 e. The van der Waals surface area contributed by atoms with Crippen LogP contribution in [0.5, 0.6) is 0 Å². The second-order valence-electron chi connectivity index (χ2n) is 7.26. The zero-order valence-corrected chi connectivity index (χ0v) is 16.6. The van der Waals surface area contributed by atoms with Crippen molar-refractivity contribution in [2.45, 2.75) is 38.8 Å². The van der Waals surface area contributed by atoms with Crippen LogP contribution in [0.3, 0.4) is 0 Å². The van der Waals surface area contributed by atoms with E-state index in [1.165, 1.54) is 6.26 Å². The van der Waals surface area contributed by atoms with Gasteiger partial charge in [0.05, 0.1) is 12.3 Å². The van der Waals surface area contributed by atoms with Crippen molar-refractivity contribution in [3.8, 4) is 0 Å². The highest BCUT2D eigenvalue weighted by molar-refractivity contribution is 6.05. The number of hydrogen-bond acceptors (Lipinski definition) is 3. The van der Waals surface area contributed by atoms with Gasteiger partial charge in [0.1, 0.15) is 0 Å². The third-order valence-electron chi connectivity index (χ3n) is 5.43. The number of rotatable bonds is 4. The van der Waals surface area contributed by atoms with Gasteiger partial charge in [-0.05, 0) is 49.2 Å². The maximum atomic E-state index is 13.4. The number of anilines is 2. The van der Waals surface area contributed by atoms with Gasteiger partial charge in [0.25, 0.3) is 5.91 Å². The second kappa shape index (κ2) is 7.95. The summed E-state index contributed by atoms with van der Waals surface area (Å²) in [5, 5.41) is 0. The molecule has 0 saturated carbocycles. The number of fused-ring (bicyclic) bond motifs is 1. The van der Waals surface area contributed by atoms with Crippen LogP contribution >= 0.6 is 0 Å². The van der Waals surface area contributed by atoms with Crippen molar-refractivity contribution in [2.24, 2.45) is 0 Å². The van der Waals surface area contributed by atoms with Crippen LogP contribution in [0.25, 0.3) is 0 Å². The minimum atomic E-state index is -0.206. The Morgan fingerprint density at radius 1 is 1.03 bits per heavy atom. The van der Waals surface area contributed by atoms with Crippen LogP contribution in [0.2, 0.25) is 0 Å². The summed E-state index contributed by atoms with van der Waals surface area (Å²) in [6, 6.07) is 20.7. The van der Waals surface area contributed by atoms with Crippen LogP contribution in [0.1, 0.15) is 48.8 Å². The quantitative estimate of drug-likeness (QED) is 0.617. The first kappa shape index (κ1) is 19.0. The Morgan fingerprint density at radius 2 is 1.76 bits per heavy atom. The fraction of sp³-hybridized carbons (Fsp3) is 0.250. The molecule has 2 heterocycles. The molecule has 2 amide bonds. The Bertz CT molecular complexity index is 998. The number of carbonyl (C=O) groups is 2. The first-order valence-electron chi connectivity index (χ1n) is 9.95. The predicted octanol–water partition coefficient (Wildman–Crippen LogP) is 5.20. The molecular weight excluding hydrogens is 364 g/mol. The van der Waals surface area contributed by atoms with Crippen LogP contribution in [-0.2, 0) is 4.79 Å². The van der Waals surface area contributed by atoms with Gasteiger partial charge in [-0.1, -0.05) is 43.3 Å². The van der Waals surface area contributed by atoms with Gasteiger partial charge in [-0.2, -0.15) is 0 Å². The predicted molar refractivity (Wildman–Crippen MR) is 113 cm³/mol. The molecule has 0 aliphatic carbocycles. The topological polar surface area (TPSA) is 53.8 Å². The summed E-state index contributed by atoms with van der Waals surface area (Å²) in [4.78, 5) is 29.7. The number of nitrogens with zero attached hydrogens (tertiary/aromatic N) is 2. The number of amides is 2. The fourth-order valence-electron chi connectivity index (χ4n) is 4.12. The molecule has 0 fully saturated rings. The van der Waals surface area contributed by atoms with Gasteiger partial charge in [-0.3, -0.25) is 14.5 Å². The molecule has 2 atom stereocenters. The highest BCUT2D eigenvalue weighted by Crippen LogP contribution is 2.42. The second-order valence-corrected chi connectivity index (χ2v) is 7.26. The van der Waals surface area contributed by atoms with Gasteiger partial charge < -0.3 is 9.32 Å². The van der Waals surface area contributed by atoms with Gasteiger partial charge in [0.2, 0.25) is 5.91 Å². The highest BCUT2D eigenvalue weighted by atomic mass is 16.3. The summed E-state index contributed by atoms with van der Waals surface area (Å²) in [6.45, 7) is 3.91. The van der Waals surface area contributed by atoms with Gasteiger partial charge in [-0.15, -0.1) is 0 Å². The van der Waals surface area contributed by atoms with Crippen LogP contribution in [0.4, 0.5) is 11.4 Å². The highest BCUT2D eigenvalue weighted by Gasteiger charge is 2.38. The van der Waals surface area contributed by atoms with E-state index in [1.54, 1.807) is 17.0 Å². The van der Waals surface area contributed by atoms with Gasteiger partial charge in [-0.25, -0.2) is 0 Å². The zero-order valence-electron chi connectivity index (χ0n) is 16.6. The first-order chi connectivity index (χ1) is 14.1. The Hall–Kier alpha value is -3.34. The number of para-hydroxylation sites is 2. The van der Waals surface area contributed by atoms with Crippen molar-refractivity contribution >= 4 is 23.2 Å². The average molecular weight is 388 g/mol. The van der Waals surface area contributed by atoms with Crippen LogP contribution in [0, 0.1) is 0 Å². The molecule has 5 heteroatoms. The van der Waals surface area contributed by atoms with E-state index in [1.807, 2.05) is 73.3 Å². The molecule has 29 heavy (non-hydrogen) atoms. The number of hydrogen-bond donors (Lipinski definition) is 0. The van der Waals surface area contributed by atoms with E-state index in [4.69, 9.17) is 4.42 Å². The molecule has 2 aromatic carbocycles. The van der Waals surface area contributed by atoms with E-state index in [-0.39, 0.29) is 23.9 Å². The van der Waals surface area contributed by atoms with E-state index in [0.29, 0.717) is 18.6 Å². The number of carbonyl (C=O) groups excluding carboxylic acids is 2. The summed E-state index contributed by atoms with van der Waals surface area (Å²) in [6.07, 6.45) is 2.59. The molecule has 1 aromatic heterocycles. The molecule has 0 bridgehead atoms. The molecule has 1 aliphatic heterocycles. The summed E-state index contributed by atoms with van der Waals surface area (Å²) in [7, 11) is 0. The lowest BCUT2D eigenvalue weighted by atomic mass is 9.89. The third kappa shape index (κ3) is 3.44. The van der Waals surface area contributed by atoms with Crippen molar-refractivity contribution in [3.05, 3.63) is 84.3 Å². The molecule has 0 saturated heterocycles. The maximum Gasteiger partial charge on any atom is 0.294 e. The molecule has 148 valence electrons. The Kier molecular flexibility index (Phi) is 5.21. The third-order valence-corrected chi connectivity index (χ3v) is 5.43. The molecule has 0 spiro atoms. The monoisotopic (exact) mass is 388 g/mol. The number of furan rings is 1. The first-order valence-corrected chi connectivity index (χ1v) is 9.95. The Labute approximate surface area is 170 Å². The minimum absolute atomic E-state index is 0.0297. The standard InChI is InChI=1S/C24H24N2O3/c1-3-23(27)25-17(2)16-21(19-12-7-8-13-20(19)25)26(18-10-5-4-6-11-18)24(28)22-14-9-15-29-22/h4-15,17,21H,3,16H2,1-2H3/t17-,21-/m1/s1.